The van der Waals surface area contributed by atoms with Crippen molar-refractivity contribution in [2.24, 2.45) is 0 Å². The number of ether oxygens (including phenoxy) is 1. The lowest BCUT2D eigenvalue weighted by molar-refractivity contribution is -0.126. The van der Waals surface area contributed by atoms with E-state index >= 15 is 0 Å². The first-order valence-corrected chi connectivity index (χ1v) is 5.79. The van der Waals surface area contributed by atoms with Crippen LogP contribution in [0.25, 0.3) is 0 Å². The fourth-order valence-electron chi connectivity index (χ4n) is 0.828. The molecule has 4 heteroatoms. The third-order valence-corrected chi connectivity index (χ3v) is 2.41. The minimum atomic E-state index is -0.0280. The first-order chi connectivity index (χ1) is 6.24. The van der Waals surface area contributed by atoms with Crippen LogP contribution in [-0.4, -0.2) is 30.5 Å². The highest BCUT2D eigenvalue weighted by Gasteiger charge is 2.07. The first-order valence-electron chi connectivity index (χ1n) is 4.67. The Hall–Kier alpha value is -0.0900. The third kappa shape index (κ3) is 7.02. The maximum Gasteiger partial charge on any atom is 0.246 e. The SMILES string of the molecule is CCCOCC(=O)NC(CC)CBr. The van der Waals surface area contributed by atoms with Crippen molar-refractivity contribution in [2.75, 3.05) is 18.5 Å². The molecule has 0 spiro atoms. The summed E-state index contributed by atoms with van der Waals surface area (Å²) in [5, 5.41) is 3.66. The zero-order valence-corrected chi connectivity index (χ0v) is 9.89. The van der Waals surface area contributed by atoms with Gasteiger partial charge in [-0.15, -0.1) is 0 Å². The Bertz CT molecular complexity index is 138. The van der Waals surface area contributed by atoms with E-state index in [2.05, 4.69) is 21.2 Å². The van der Waals surface area contributed by atoms with Gasteiger partial charge in [-0.3, -0.25) is 4.79 Å². The lowest BCUT2D eigenvalue weighted by atomic mass is 10.2. The summed E-state index contributed by atoms with van der Waals surface area (Å²) in [5.41, 5.74) is 0. The number of halogens is 1. The second kappa shape index (κ2) is 8.51. The predicted octanol–water partition coefficient (Wildman–Crippen LogP) is 1.70. The first kappa shape index (κ1) is 12.9. The topological polar surface area (TPSA) is 38.3 Å². The third-order valence-electron chi connectivity index (χ3n) is 1.63. The van der Waals surface area contributed by atoms with Crippen molar-refractivity contribution < 1.29 is 9.53 Å². The quantitative estimate of drug-likeness (QED) is 0.553. The van der Waals surface area contributed by atoms with Crippen molar-refractivity contribution in [2.45, 2.75) is 32.7 Å². The van der Waals surface area contributed by atoms with Crippen LogP contribution < -0.4 is 5.32 Å². The lowest BCUT2D eigenvalue weighted by Gasteiger charge is -2.13. The smallest absolute Gasteiger partial charge is 0.246 e. The molecular formula is C9H18BrNO2. The zero-order valence-electron chi connectivity index (χ0n) is 8.31. The fourth-order valence-corrected chi connectivity index (χ4v) is 1.45. The average molecular weight is 252 g/mol. The van der Waals surface area contributed by atoms with Crippen molar-refractivity contribution in [1.82, 2.24) is 5.32 Å². The van der Waals surface area contributed by atoms with E-state index in [9.17, 15) is 4.79 Å². The molecule has 0 radical (unpaired) electrons. The molecule has 1 amide bonds. The van der Waals surface area contributed by atoms with E-state index in [0.717, 1.165) is 18.2 Å². The molecule has 0 saturated heterocycles. The Balaban J connectivity index is 3.48. The van der Waals surface area contributed by atoms with Gasteiger partial charge in [0.25, 0.3) is 0 Å². The summed E-state index contributed by atoms with van der Waals surface area (Å²) in [6, 6.07) is 0.220. The summed E-state index contributed by atoms with van der Waals surface area (Å²) in [6.07, 6.45) is 1.88. The van der Waals surface area contributed by atoms with E-state index < -0.39 is 0 Å². The molecule has 3 nitrogen and oxygen atoms in total. The number of hydrogen-bond acceptors (Lipinski definition) is 2. The summed E-state index contributed by atoms with van der Waals surface area (Å²) in [7, 11) is 0. The molecule has 0 rings (SSSR count). The molecule has 0 aliphatic carbocycles. The van der Waals surface area contributed by atoms with Crippen LogP contribution in [0.2, 0.25) is 0 Å². The highest BCUT2D eigenvalue weighted by molar-refractivity contribution is 9.09. The normalized spacial score (nSPS) is 12.5. The predicted molar refractivity (Wildman–Crippen MR) is 57.1 cm³/mol. The Morgan fingerprint density at radius 3 is 2.69 bits per heavy atom. The largest absolute Gasteiger partial charge is 0.372 e. The molecule has 0 saturated carbocycles. The number of rotatable bonds is 7. The second-order valence-electron chi connectivity index (χ2n) is 2.88. The molecule has 0 aromatic carbocycles. The van der Waals surface area contributed by atoms with Crippen LogP contribution in [-0.2, 0) is 9.53 Å². The molecule has 0 aliphatic heterocycles. The Labute approximate surface area is 88.4 Å². The van der Waals surface area contributed by atoms with Gasteiger partial charge in [0.05, 0.1) is 0 Å². The molecule has 0 heterocycles. The van der Waals surface area contributed by atoms with Crippen molar-refractivity contribution >= 4 is 21.8 Å². The molecule has 0 bridgehead atoms. The second-order valence-corrected chi connectivity index (χ2v) is 3.53. The molecule has 1 N–H and O–H groups in total. The van der Waals surface area contributed by atoms with Gasteiger partial charge in [-0.1, -0.05) is 29.8 Å². The summed E-state index contributed by atoms with van der Waals surface area (Å²) in [6.45, 7) is 4.89. The summed E-state index contributed by atoms with van der Waals surface area (Å²) in [5.74, 6) is -0.0280. The summed E-state index contributed by atoms with van der Waals surface area (Å²) < 4.78 is 5.11. The molecule has 0 aliphatic rings. The zero-order chi connectivity index (χ0) is 10.1. The Morgan fingerprint density at radius 2 is 2.23 bits per heavy atom. The van der Waals surface area contributed by atoms with Crippen LogP contribution in [0.3, 0.4) is 0 Å². The van der Waals surface area contributed by atoms with E-state index in [1.807, 2.05) is 13.8 Å². The number of carbonyl (C=O) groups excluding carboxylic acids is 1. The van der Waals surface area contributed by atoms with Gasteiger partial charge in [-0.25, -0.2) is 0 Å². The fraction of sp³-hybridized carbons (Fsp3) is 0.889. The standard InChI is InChI=1S/C9H18BrNO2/c1-3-5-13-7-9(12)11-8(4-2)6-10/h8H,3-7H2,1-2H3,(H,11,12). The summed E-state index contributed by atoms with van der Waals surface area (Å²) in [4.78, 5) is 11.2. The maximum atomic E-state index is 11.2. The van der Waals surface area contributed by atoms with Crippen LogP contribution in [0.1, 0.15) is 26.7 Å². The number of amides is 1. The van der Waals surface area contributed by atoms with Crippen LogP contribution in [0.5, 0.6) is 0 Å². The van der Waals surface area contributed by atoms with Gasteiger partial charge >= 0.3 is 0 Å². The molecular weight excluding hydrogens is 234 g/mol. The minimum Gasteiger partial charge on any atom is -0.372 e. The van der Waals surface area contributed by atoms with E-state index in [-0.39, 0.29) is 18.6 Å². The summed E-state index contributed by atoms with van der Waals surface area (Å²) >= 11 is 3.33. The molecule has 78 valence electrons. The van der Waals surface area contributed by atoms with Crippen LogP contribution in [0.15, 0.2) is 0 Å². The number of alkyl halides is 1. The van der Waals surface area contributed by atoms with E-state index in [0.29, 0.717) is 6.61 Å². The van der Waals surface area contributed by atoms with Gasteiger partial charge < -0.3 is 10.1 Å². The van der Waals surface area contributed by atoms with E-state index in [1.165, 1.54) is 0 Å². The molecule has 0 fully saturated rings. The molecule has 13 heavy (non-hydrogen) atoms. The molecule has 1 unspecified atom stereocenters. The van der Waals surface area contributed by atoms with Gasteiger partial charge in [-0.2, -0.15) is 0 Å². The van der Waals surface area contributed by atoms with Crippen LogP contribution in [0, 0.1) is 0 Å². The van der Waals surface area contributed by atoms with Crippen LogP contribution >= 0.6 is 15.9 Å². The molecule has 0 aromatic heterocycles. The van der Waals surface area contributed by atoms with Crippen LogP contribution in [0.4, 0.5) is 0 Å². The Morgan fingerprint density at radius 1 is 1.54 bits per heavy atom. The highest BCUT2D eigenvalue weighted by atomic mass is 79.9. The number of carbonyl (C=O) groups is 1. The van der Waals surface area contributed by atoms with E-state index in [1.54, 1.807) is 0 Å². The highest BCUT2D eigenvalue weighted by Crippen LogP contribution is 1.95. The maximum absolute atomic E-state index is 11.2. The average Bonchev–Trinajstić information content (AvgIpc) is 2.14. The molecule has 1 atom stereocenters. The van der Waals surface area contributed by atoms with Gasteiger partial charge in [0.1, 0.15) is 6.61 Å². The van der Waals surface area contributed by atoms with Gasteiger partial charge in [-0.05, 0) is 12.8 Å². The lowest BCUT2D eigenvalue weighted by Crippen LogP contribution is -2.37. The number of nitrogens with one attached hydrogen (secondary N) is 1. The van der Waals surface area contributed by atoms with Gasteiger partial charge in [0.2, 0.25) is 5.91 Å². The monoisotopic (exact) mass is 251 g/mol. The minimum absolute atomic E-state index is 0.0280. The van der Waals surface area contributed by atoms with Gasteiger partial charge in [0.15, 0.2) is 0 Å². The van der Waals surface area contributed by atoms with Gasteiger partial charge in [0, 0.05) is 18.0 Å². The van der Waals surface area contributed by atoms with Crippen molar-refractivity contribution in [1.29, 1.82) is 0 Å². The van der Waals surface area contributed by atoms with E-state index in [4.69, 9.17) is 4.74 Å². The molecule has 0 aromatic rings. The van der Waals surface area contributed by atoms with Crippen molar-refractivity contribution in [3.8, 4) is 0 Å². The van der Waals surface area contributed by atoms with Crippen molar-refractivity contribution in [3.05, 3.63) is 0 Å². The van der Waals surface area contributed by atoms with Crippen molar-refractivity contribution in [3.63, 3.8) is 0 Å². The number of hydrogen-bond donors (Lipinski definition) is 1. The Kier molecular flexibility index (Phi) is 8.45.